The van der Waals surface area contributed by atoms with E-state index in [2.05, 4.69) is 4.90 Å². The molecule has 19 heavy (non-hydrogen) atoms. The van der Waals surface area contributed by atoms with Crippen LogP contribution in [0.2, 0.25) is 10.0 Å². The molecule has 0 radical (unpaired) electrons. The van der Waals surface area contributed by atoms with Crippen molar-refractivity contribution >= 4 is 33.2 Å². The van der Waals surface area contributed by atoms with Gasteiger partial charge in [-0.25, -0.2) is 8.42 Å². The lowest BCUT2D eigenvalue weighted by Crippen LogP contribution is -2.51. The average Bonchev–Trinajstić information content (AvgIpc) is 2.35. The predicted octanol–water partition coefficient (Wildman–Crippen LogP) is 2.32. The lowest BCUT2D eigenvalue weighted by molar-refractivity contribution is 0.159. The maximum absolute atomic E-state index is 12.5. The van der Waals surface area contributed by atoms with Crippen molar-refractivity contribution in [3.63, 3.8) is 0 Å². The maximum Gasteiger partial charge on any atom is 0.243 e. The summed E-state index contributed by atoms with van der Waals surface area (Å²) in [6.07, 6.45) is 0. The highest BCUT2D eigenvalue weighted by atomic mass is 35.5. The minimum atomic E-state index is -3.49. The van der Waals surface area contributed by atoms with Crippen molar-refractivity contribution in [2.75, 3.05) is 26.7 Å². The molecule has 0 N–H and O–H groups in total. The Hall–Kier alpha value is -0.330. The number of likely N-dealkylation sites (N-methyl/N-ethyl adjacent to an activating group) is 1. The van der Waals surface area contributed by atoms with E-state index < -0.39 is 10.0 Å². The summed E-state index contributed by atoms with van der Waals surface area (Å²) >= 11 is 11.7. The minimum absolute atomic E-state index is 0.193. The van der Waals surface area contributed by atoms with E-state index in [0.717, 1.165) is 6.54 Å². The van der Waals surface area contributed by atoms with Gasteiger partial charge in [-0.3, -0.25) is 0 Å². The van der Waals surface area contributed by atoms with Crippen molar-refractivity contribution in [2.45, 2.75) is 17.9 Å². The van der Waals surface area contributed by atoms with Crippen LogP contribution in [0.15, 0.2) is 23.1 Å². The van der Waals surface area contributed by atoms with Gasteiger partial charge in [-0.1, -0.05) is 23.2 Å². The maximum atomic E-state index is 12.5. The predicted molar refractivity (Wildman–Crippen MR) is 77.3 cm³/mol. The minimum Gasteiger partial charge on any atom is -0.301 e. The van der Waals surface area contributed by atoms with Crippen LogP contribution in [0, 0.1) is 0 Å². The summed E-state index contributed by atoms with van der Waals surface area (Å²) < 4.78 is 26.5. The summed E-state index contributed by atoms with van der Waals surface area (Å²) in [5.41, 5.74) is 0. The van der Waals surface area contributed by atoms with Gasteiger partial charge in [-0.2, -0.15) is 4.31 Å². The second-order valence-electron chi connectivity index (χ2n) is 4.77. The number of hydrogen-bond acceptors (Lipinski definition) is 3. The molecule has 0 amide bonds. The van der Waals surface area contributed by atoms with Gasteiger partial charge in [0.2, 0.25) is 10.0 Å². The van der Waals surface area contributed by atoms with Crippen molar-refractivity contribution in [1.82, 2.24) is 9.21 Å². The van der Waals surface area contributed by atoms with E-state index in [0.29, 0.717) is 18.1 Å². The number of nitrogens with zero attached hydrogens (tertiary/aromatic N) is 2. The number of halogens is 2. The van der Waals surface area contributed by atoms with Crippen LogP contribution < -0.4 is 0 Å². The molecule has 2 rings (SSSR count). The molecule has 0 aliphatic carbocycles. The summed E-state index contributed by atoms with van der Waals surface area (Å²) in [5, 5.41) is 0.609. The Morgan fingerprint density at radius 3 is 2.47 bits per heavy atom. The number of rotatable bonds is 2. The van der Waals surface area contributed by atoms with E-state index in [1.54, 1.807) is 0 Å². The molecule has 1 atom stereocenters. The van der Waals surface area contributed by atoms with Crippen molar-refractivity contribution in [2.24, 2.45) is 0 Å². The molecule has 1 heterocycles. The number of benzene rings is 1. The number of sulfonamides is 1. The Morgan fingerprint density at radius 1 is 1.21 bits per heavy atom. The van der Waals surface area contributed by atoms with Crippen LogP contribution in [-0.2, 0) is 10.0 Å². The first-order chi connectivity index (χ1) is 8.82. The first-order valence-electron chi connectivity index (χ1n) is 5.98. The van der Waals surface area contributed by atoms with E-state index in [1.807, 2.05) is 14.0 Å². The van der Waals surface area contributed by atoms with E-state index >= 15 is 0 Å². The molecule has 1 aromatic rings. The van der Waals surface area contributed by atoms with Crippen LogP contribution in [0.5, 0.6) is 0 Å². The fraction of sp³-hybridized carbons (Fsp3) is 0.500. The van der Waals surface area contributed by atoms with Crippen LogP contribution in [0.25, 0.3) is 0 Å². The van der Waals surface area contributed by atoms with Crippen LogP contribution in [-0.4, -0.2) is 50.3 Å². The molecule has 1 aromatic carbocycles. The molecular weight excluding hydrogens is 307 g/mol. The Kier molecular flexibility index (Phi) is 4.42. The standard InChI is InChI=1S/C12H16Cl2N2O2S/c1-9-8-16(6-5-15(9)2)19(17,18)10-3-4-11(13)12(14)7-10/h3-4,7,9H,5-6,8H2,1-2H3. The van der Waals surface area contributed by atoms with Gasteiger partial charge < -0.3 is 4.90 Å². The quantitative estimate of drug-likeness (QED) is 0.839. The molecule has 4 nitrogen and oxygen atoms in total. The van der Waals surface area contributed by atoms with Gasteiger partial charge in [-0.15, -0.1) is 0 Å². The number of piperazine rings is 1. The molecule has 7 heteroatoms. The smallest absolute Gasteiger partial charge is 0.243 e. The summed E-state index contributed by atoms with van der Waals surface area (Å²) in [6.45, 7) is 3.71. The Labute approximate surface area is 124 Å². The van der Waals surface area contributed by atoms with Crippen LogP contribution >= 0.6 is 23.2 Å². The summed E-state index contributed by atoms with van der Waals surface area (Å²) in [6, 6.07) is 4.61. The van der Waals surface area contributed by atoms with Crippen LogP contribution in [0.4, 0.5) is 0 Å². The van der Waals surface area contributed by atoms with E-state index in [9.17, 15) is 8.42 Å². The molecule has 0 saturated carbocycles. The zero-order chi connectivity index (χ0) is 14.2. The zero-order valence-electron chi connectivity index (χ0n) is 10.8. The summed E-state index contributed by atoms with van der Waals surface area (Å²) in [5.74, 6) is 0. The van der Waals surface area contributed by atoms with Gasteiger partial charge in [0.15, 0.2) is 0 Å². The second kappa shape index (κ2) is 5.58. The van der Waals surface area contributed by atoms with Crippen molar-refractivity contribution in [1.29, 1.82) is 0 Å². The summed E-state index contributed by atoms with van der Waals surface area (Å²) in [7, 11) is -1.50. The molecule has 1 aliphatic heterocycles. The third-order valence-corrected chi connectivity index (χ3v) is 6.05. The molecule has 0 aromatic heterocycles. The number of hydrogen-bond donors (Lipinski definition) is 0. The molecule has 1 fully saturated rings. The monoisotopic (exact) mass is 322 g/mol. The van der Waals surface area contributed by atoms with E-state index in [1.165, 1.54) is 22.5 Å². The Balaban J connectivity index is 2.29. The van der Waals surface area contributed by atoms with E-state index in [4.69, 9.17) is 23.2 Å². The molecule has 1 saturated heterocycles. The van der Waals surface area contributed by atoms with Gasteiger partial charge in [0.05, 0.1) is 14.9 Å². The molecular formula is C12H16Cl2N2O2S. The fourth-order valence-electron chi connectivity index (χ4n) is 2.02. The lowest BCUT2D eigenvalue weighted by Gasteiger charge is -2.36. The molecule has 106 valence electrons. The molecule has 1 aliphatic rings. The third kappa shape index (κ3) is 3.06. The third-order valence-electron chi connectivity index (χ3n) is 3.45. The Morgan fingerprint density at radius 2 is 1.89 bits per heavy atom. The highest BCUT2D eigenvalue weighted by Crippen LogP contribution is 2.27. The molecule has 1 unspecified atom stereocenters. The summed E-state index contributed by atoms with van der Waals surface area (Å²) in [4.78, 5) is 2.33. The molecule has 0 bridgehead atoms. The highest BCUT2D eigenvalue weighted by Gasteiger charge is 2.30. The van der Waals surface area contributed by atoms with Crippen LogP contribution in [0.1, 0.15) is 6.92 Å². The van der Waals surface area contributed by atoms with Crippen molar-refractivity contribution in [3.05, 3.63) is 28.2 Å². The zero-order valence-corrected chi connectivity index (χ0v) is 13.1. The first-order valence-corrected chi connectivity index (χ1v) is 8.17. The van der Waals surface area contributed by atoms with Crippen LogP contribution in [0.3, 0.4) is 0 Å². The van der Waals surface area contributed by atoms with Gasteiger partial charge >= 0.3 is 0 Å². The van der Waals surface area contributed by atoms with Crippen molar-refractivity contribution in [3.8, 4) is 0 Å². The highest BCUT2D eigenvalue weighted by molar-refractivity contribution is 7.89. The fourth-order valence-corrected chi connectivity index (χ4v) is 3.92. The van der Waals surface area contributed by atoms with Gasteiger partial charge in [0.25, 0.3) is 0 Å². The second-order valence-corrected chi connectivity index (χ2v) is 7.52. The van der Waals surface area contributed by atoms with Gasteiger partial charge in [-0.05, 0) is 32.2 Å². The van der Waals surface area contributed by atoms with Crippen molar-refractivity contribution < 1.29 is 8.42 Å². The lowest BCUT2D eigenvalue weighted by atomic mass is 10.2. The first kappa shape index (κ1) is 15.1. The largest absolute Gasteiger partial charge is 0.301 e. The Bertz CT molecular complexity index is 577. The van der Waals surface area contributed by atoms with E-state index in [-0.39, 0.29) is 16.0 Å². The average molecular weight is 323 g/mol. The van der Waals surface area contributed by atoms with Gasteiger partial charge in [0, 0.05) is 25.7 Å². The topological polar surface area (TPSA) is 40.6 Å². The molecule has 0 spiro atoms. The SMILES string of the molecule is CC1CN(S(=O)(=O)c2ccc(Cl)c(Cl)c2)CCN1C. The normalized spacial score (nSPS) is 22.6. The van der Waals surface area contributed by atoms with Gasteiger partial charge in [0.1, 0.15) is 0 Å².